The van der Waals surface area contributed by atoms with Crippen molar-refractivity contribution >= 4 is 5.91 Å². The summed E-state index contributed by atoms with van der Waals surface area (Å²) in [5.74, 6) is 1.37. The van der Waals surface area contributed by atoms with Gasteiger partial charge in [0.1, 0.15) is 0 Å². The summed E-state index contributed by atoms with van der Waals surface area (Å²) in [4.78, 5) is 12.6. The average molecular weight is 363 g/mol. The molecule has 1 N–H and O–H groups in total. The lowest BCUT2D eigenvalue weighted by atomic mass is 9.93. The lowest BCUT2D eigenvalue weighted by Gasteiger charge is -2.27. The number of aromatic nitrogens is 2. The lowest BCUT2D eigenvalue weighted by molar-refractivity contribution is -0.122. The second kappa shape index (κ2) is 6.79. The fourth-order valence-corrected chi connectivity index (χ4v) is 3.11. The summed E-state index contributed by atoms with van der Waals surface area (Å²) >= 11 is 0. The molecule has 1 amide bonds. The molecule has 4 rings (SSSR count). The smallest absolute Gasteiger partial charge is 0.231 e. The number of amides is 1. The Kier molecular flexibility index (Phi) is 4.32. The first kappa shape index (κ1) is 17.1. The third-order valence-electron chi connectivity index (χ3n) is 4.57. The number of ether oxygens (including phenoxy) is 2. The molecule has 1 aliphatic heterocycles. The minimum absolute atomic E-state index is 0.0646. The fourth-order valence-electron chi connectivity index (χ4n) is 3.11. The first-order chi connectivity index (χ1) is 13.0. The lowest BCUT2D eigenvalue weighted by Crippen LogP contribution is -2.41. The molecule has 0 bridgehead atoms. The highest BCUT2D eigenvalue weighted by Crippen LogP contribution is 2.35. The van der Waals surface area contributed by atoms with Crippen LogP contribution >= 0.6 is 0 Å². The Morgan fingerprint density at radius 1 is 1.15 bits per heavy atom. The van der Waals surface area contributed by atoms with Crippen LogP contribution in [0.2, 0.25) is 0 Å². The van der Waals surface area contributed by atoms with Crippen LogP contribution in [-0.4, -0.2) is 22.5 Å². The van der Waals surface area contributed by atoms with E-state index in [1.807, 2.05) is 68.6 Å². The minimum atomic E-state index is -0.534. The summed E-state index contributed by atoms with van der Waals surface area (Å²) in [5, 5.41) is 7.43. The number of hydrogen-bond acceptors (Lipinski definition) is 4. The van der Waals surface area contributed by atoms with Gasteiger partial charge in [0, 0.05) is 6.20 Å². The maximum absolute atomic E-state index is 12.6. The van der Waals surface area contributed by atoms with E-state index in [1.165, 1.54) is 0 Å². The SMILES string of the molecule is CC(C)(NC(=O)Cc1cnn(-c2ccccc2)c1)c1ccc2c(c1)OCO2. The van der Waals surface area contributed by atoms with Gasteiger partial charge in [-0.15, -0.1) is 0 Å². The van der Waals surface area contributed by atoms with Gasteiger partial charge in [-0.05, 0) is 49.2 Å². The molecule has 6 nitrogen and oxygen atoms in total. The molecule has 1 aliphatic rings. The van der Waals surface area contributed by atoms with Gasteiger partial charge in [-0.1, -0.05) is 24.3 Å². The Morgan fingerprint density at radius 3 is 2.74 bits per heavy atom. The van der Waals surface area contributed by atoms with Crippen molar-refractivity contribution in [2.45, 2.75) is 25.8 Å². The predicted molar refractivity (Wildman–Crippen MR) is 101 cm³/mol. The molecule has 27 heavy (non-hydrogen) atoms. The van der Waals surface area contributed by atoms with Crippen molar-refractivity contribution in [3.8, 4) is 17.2 Å². The molecule has 6 heteroatoms. The van der Waals surface area contributed by atoms with Gasteiger partial charge in [0.05, 0.1) is 23.8 Å². The number of nitrogens with zero attached hydrogens (tertiary/aromatic N) is 2. The normalized spacial score (nSPS) is 12.8. The zero-order valence-corrected chi connectivity index (χ0v) is 15.3. The molecule has 0 spiro atoms. The van der Waals surface area contributed by atoms with Gasteiger partial charge in [0.25, 0.3) is 0 Å². The molecular weight excluding hydrogens is 342 g/mol. The number of fused-ring (bicyclic) bond motifs is 1. The summed E-state index contributed by atoms with van der Waals surface area (Å²) in [7, 11) is 0. The van der Waals surface area contributed by atoms with Crippen molar-refractivity contribution in [3.05, 3.63) is 72.1 Å². The highest BCUT2D eigenvalue weighted by Gasteiger charge is 2.25. The van der Waals surface area contributed by atoms with E-state index in [0.717, 1.165) is 22.6 Å². The van der Waals surface area contributed by atoms with Gasteiger partial charge in [-0.2, -0.15) is 5.10 Å². The Morgan fingerprint density at radius 2 is 1.93 bits per heavy atom. The first-order valence-electron chi connectivity index (χ1n) is 8.81. The van der Waals surface area contributed by atoms with Crippen molar-refractivity contribution in [2.24, 2.45) is 0 Å². The fraction of sp³-hybridized carbons (Fsp3) is 0.238. The number of carbonyl (C=O) groups is 1. The van der Waals surface area contributed by atoms with Crippen molar-refractivity contribution in [1.29, 1.82) is 0 Å². The summed E-state index contributed by atoms with van der Waals surface area (Å²) in [5.41, 5.74) is 2.25. The summed E-state index contributed by atoms with van der Waals surface area (Å²) < 4.78 is 12.5. The number of para-hydroxylation sites is 1. The molecule has 2 aromatic carbocycles. The molecule has 2 heterocycles. The van der Waals surface area contributed by atoms with E-state index in [4.69, 9.17) is 9.47 Å². The molecule has 0 unspecified atom stereocenters. The molecule has 0 fully saturated rings. The molecule has 1 aromatic heterocycles. The second-order valence-corrected chi connectivity index (χ2v) is 7.05. The number of rotatable bonds is 5. The van der Waals surface area contributed by atoms with Crippen LogP contribution in [0.4, 0.5) is 0 Å². The Bertz CT molecular complexity index is 964. The maximum Gasteiger partial charge on any atom is 0.231 e. The zero-order chi connectivity index (χ0) is 18.9. The van der Waals surface area contributed by atoms with Crippen LogP contribution in [0, 0.1) is 0 Å². The van der Waals surface area contributed by atoms with E-state index < -0.39 is 5.54 Å². The molecule has 0 radical (unpaired) electrons. The van der Waals surface area contributed by atoms with Crippen LogP contribution in [0.1, 0.15) is 25.0 Å². The molecular formula is C21H21N3O3. The Hall–Kier alpha value is -3.28. The quantitative estimate of drug-likeness (QED) is 0.756. The van der Waals surface area contributed by atoms with E-state index in [1.54, 1.807) is 10.9 Å². The molecule has 0 saturated carbocycles. The van der Waals surface area contributed by atoms with Crippen LogP contribution in [0.15, 0.2) is 60.9 Å². The van der Waals surface area contributed by atoms with Gasteiger partial charge in [0.2, 0.25) is 12.7 Å². The van der Waals surface area contributed by atoms with E-state index in [9.17, 15) is 4.79 Å². The van der Waals surface area contributed by atoms with E-state index in [-0.39, 0.29) is 19.1 Å². The molecule has 0 atom stereocenters. The van der Waals surface area contributed by atoms with Crippen molar-refractivity contribution < 1.29 is 14.3 Å². The predicted octanol–water partition coefficient (Wildman–Crippen LogP) is 3.20. The highest BCUT2D eigenvalue weighted by molar-refractivity contribution is 5.79. The largest absolute Gasteiger partial charge is 0.454 e. The van der Waals surface area contributed by atoms with Gasteiger partial charge in [-0.3, -0.25) is 4.79 Å². The van der Waals surface area contributed by atoms with Gasteiger partial charge in [-0.25, -0.2) is 4.68 Å². The molecule has 0 aliphatic carbocycles. The van der Waals surface area contributed by atoms with Gasteiger partial charge >= 0.3 is 0 Å². The van der Waals surface area contributed by atoms with Crippen LogP contribution in [-0.2, 0) is 16.8 Å². The highest BCUT2D eigenvalue weighted by atomic mass is 16.7. The third kappa shape index (κ3) is 3.65. The number of carbonyl (C=O) groups excluding carboxylic acids is 1. The topological polar surface area (TPSA) is 65.4 Å². The zero-order valence-electron chi connectivity index (χ0n) is 15.3. The standard InChI is InChI=1S/C21H21N3O3/c1-21(2,16-8-9-18-19(11-16)27-14-26-18)23-20(25)10-15-12-22-24(13-15)17-6-4-3-5-7-17/h3-9,11-13H,10,14H2,1-2H3,(H,23,25). The van der Waals surface area contributed by atoms with E-state index in [0.29, 0.717) is 5.75 Å². The monoisotopic (exact) mass is 363 g/mol. The van der Waals surface area contributed by atoms with Crippen LogP contribution in [0.25, 0.3) is 5.69 Å². The number of nitrogens with one attached hydrogen (secondary N) is 1. The van der Waals surface area contributed by atoms with E-state index >= 15 is 0 Å². The Labute approximate surface area is 157 Å². The average Bonchev–Trinajstić information content (AvgIpc) is 3.30. The van der Waals surface area contributed by atoms with Crippen molar-refractivity contribution in [3.63, 3.8) is 0 Å². The van der Waals surface area contributed by atoms with E-state index in [2.05, 4.69) is 10.4 Å². The molecule has 138 valence electrons. The van der Waals surface area contributed by atoms with Gasteiger partial charge in [0.15, 0.2) is 11.5 Å². The van der Waals surface area contributed by atoms with Crippen LogP contribution in [0.3, 0.4) is 0 Å². The second-order valence-electron chi connectivity index (χ2n) is 7.05. The van der Waals surface area contributed by atoms with Crippen LogP contribution in [0.5, 0.6) is 11.5 Å². The van der Waals surface area contributed by atoms with Crippen molar-refractivity contribution in [2.75, 3.05) is 6.79 Å². The summed E-state index contributed by atoms with van der Waals surface area (Å²) in [6.07, 6.45) is 3.86. The molecule has 3 aromatic rings. The maximum atomic E-state index is 12.6. The first-order valence-corrected chi connectivity index (χ1v) is 8.81. The number of hydrogen-bond donors (Lipinski definition) is 1. The third-order valence-corrected chi connectivity index (χ3v) is 4.57. The van der Waals surface area contributed by atoms with Crippen LogP contribution < -0.4 is 14.8 Å². The minimum Gasteiger partial charge on any atom is -0.454 e. The van der Waals surface area contributed by atoms with Gasteiger partial charge < -0.3 is 14.8 Å². The summed E-state index contributed by atoms with van der Waals surface area (Å²) in [6, 6.07) is 15.5. The summed E-state index contributed by atoms with van der Waals surface area (Å²) in [6.45, 7) is 4.17. The van der Waals surface area contributed by atoms with Crippen molar-refractivity contribution in [1.82, 2.24) is 15.1 Å². The Balaban J connectivity index is 1.44. The number of benzene rings is 2. The molecule has 0 saturated heterocycles.